The molecule has 0 amide bonds. The summed E-state index contributed by atoms with van der Waals surface area (Å²) in [6.45, 7) is 1.91. The van der Waals surface area contributed by atoms with E-state index in [2.05, 4.69) is 0 Å². The second-order valence-electron chi connectivity index (χ2n) is 5.74. The highest BCUT2D eigenvalue weighted by molar-refractivity contribution is 7.92. The van der Waals surface area contributed by atoms with Crippen LogP contribution < -0.4 is 4.31 Å². The number of nitrogens with zero attached hydrogens (tertiary/aromatic N) is 2. The van der Waals surface area contributed by atoms with E-state index < -0.39 is 10.0 Å². The molecular weight excluding hydrogens is 360 g/mol. The van der Waals surface area contributed by atoms with Gasteiger partial charge in [-0.25, -0.2) is 8.42 Å². The van der Waals surface area contributed by atoms with Crippen molar-refractivity contribution >= 4 is 33.1 Å². The van der Waals surface area contributed by atoms with Crippen LogP contribution in [0.2, 0.25) is 5.02 Å². The molecule has 0 spiro atoms. The monoisotopic (exact) mass is 374 g/mol. The number of nitriles is 1. The molecule has 0 saturated carbocycles. The minimum atomic E-state index is -3.86. The predicted molar refractivity (Wildman–Crippen MR) is 96.9 cm³/mol. The lowest BCUT2D eigenvalue weighted by Crippen LogP contribution is -2.32. The molecule has 1 aliphatic rings. The summed E-state index contributed by atoms with van der Waals surface area (Å²) < 4.78 is 27.4. The standard InChI is InChI=1S/C18H15ClN2O3S/c1-12-2-5-15(6-3-12)25(23,24)21-9-8-13(11-20)18(22)16-7-4-14(19)10-17(16)21/h2-7,10,22H,8-9H2,1H3. The highest BCUT2D eigenvalue weighted by Crippen LogP contribution is 2.37. The largest absolute Gasteiger partial charge is 0.506 e. The quantitative estimate of drug-likeness (QED) is 0.860. The molecule has 2 aromatic rings. The highest BCUT2D eigenvalue weighted by Gasteiger charge is 2.31. The number of anilines is 1. The van der Waals surface area contributed by atoms with Gasteiger partial charge in [-0.05, 0) is 37.3 Å². The molecule has 2 aromatic carbocycles. The van der Waals surface area contributed by atoms with Crippen molar-refractivity contribution in [3.63, 3.8) is 0 Å². The van der Waals surface area contributed by atoms with Gasteiger partial charge in [-0.2, -0.15) is 5.26 Å². The van der Waals surface area contributed by atoms with Gasteiger partial charge in [0.05, 0.1) is 22.2 Å². The number of rotatable bonds is 2. The summed E-state index contributed by atoms with van der Waals surface area (Å²) in [4.78, 5) is 0.143. The van der Waals surface area contributed by atoms with E-state index in [1.165, 1.54) is 28.6 Å². The predicted octanol–water partition coefficient (Wildman–Crippen LogP) is 4.04. The summed E-state index contributed by atoms with van der Waals surface area (Å²) in [5.41, 5.74) is 1.62. The molecule has 0 saturated heterocycles. The number of benzene rings is 2. The third kappa shape index (κ3) is 3.09. The Morgan fingerprint density at radius 3 is 2.52 bits per heavy atom. The third-order valence-electron chi connectivity index (χ3n) is 4.08. The van der Waals surface area contributed by atoms with Crippen molar-refractivity contribution in [1.82, 2.24) is 0 Å². The first-order valence-corrected chi connectivity index (χ1v) is 9.38. The lowest BCUT2D eigenvalue weighted by atomic mass is 10.1. The van der Waals surface area contributed by atoms with E-state index in [9.17, 15) is 18.8 Å². The van der Waals surface area contributed by atoms with Crippen molar-refractivity contribution in [2.24, 2.45) is 0 Å². The molecule has 1 heterocycles. The Morgan fingerprint density at radius 2 is 1.88 bits per heavy atom. The van der Waals surface area contributed by atoms with Crippen LogP contribution in [0.5, 0.6) is 0 Å². The zero-order chi connectivity index (χ0) is 18.2. The molecule has 0 bridgehead atoms. The van der Waals surface area contributed by atoms with Crippen molar-refractivity contribution in [3.05, 3.63) is 64.2 Å². The molecule has 0 atom stereocenters. The van der Waals surface area contributed by atoms with Crippen LogP contribution in [0.3, 0.4) is 0 Å². The number of aliphatic hydroxyl groups is 1. The van der Waals surface area contributed by atoms with E-state index in [-0.39, 0.29) is 40.4 Å². The van der Waals surface area contributed by atoms with Crippen molar-refractivity contribution in [2.75, 3.05) is 10.8 Å². The maximum Gasteiger partial charge on any atom is 0.264 e. The molecule has 25 heavy (non-hydrogen) atoms. The van der Waals surface area contributed by atoms with Gasteiger partial charge < -0.3 is 5.11 Å². The van der Waals surface area contributed by atoms with Gasteiger partial charge in [0, 0.05) is 23.6 Å². The molecule has 1 N–H and O–H groups in total. The van der Waals surface area contributed by atoms with Crippen LogP contribution in [-0.2, 0) is 10.0 Å². The van der Waals surface area contributed by atoms with Gasteiger partial charge in [-0.1, -0.05) is 29.3 Å². The van der Waals surface area contributed by atoms with Gasteiger partial charge >= 0.3 is 0 Å². The zero-order valence-corrected chi connectivity index (χ0v) is 15.0. The fourth-order valence-electron chi connectivity index (χ4n) is 2.72. The van der Waals surface area contributed by atoms with Crippen molar-refractivity contribution < 1.29 is 13.5 Å². The topological polar surface area (TPSA) is 81.4 Å². The normalized spacial score (nSPS) is 14.7. The first kappa shape index (κ1) is 17.3. The lowest BCUT2D eigenvalue weighted by Gasteiger charge is -2.25. The van der Waals surface area contributed by atoms with Gasteiger partial charge in [-0.15, -0.1) is 0 Å². The minimum absolute atomic E-state index is 0.0382. The number of aliphatic hydroxyl groups excluding tert-OH is 1. The summed E-state index contributed by atoms with van der Waals surface area (Å²) in [7, 11) is -3.86. The number of fused-ring (bicyclic) bond motifs is 1. The summed E-state index contributed by atoms with van der Waals surface area (Å²) >= 11 is 6.05. The summed E-state index contributed by atoms with van der Waals surface area (Å²) in [5, 5.41) is 20.0. The van der Waals surface area contributed by atoms with Crippen LogP contribution >= 0.6 is 11.6 Å². The summed E-state index contributed by atoms with van der Waals surface area (Å²) in [6, 6.07) is 13.0. The summed E-state index contributed by atoms with van der Waals surface area (Å²) in [6.07, 6.45) is 0.111. The Morgan fingerprint density at radius 1 is 1.20 bits per heavy atom. The number of sulfonamides is 1. The Balaban J connectivity index is 2.19. The Bertz CT molecular complexity index is 1010. The molecule has 5 nitrogen and oxygen atoms in total. The van der Waals surface area contributed by atoms with E-state index in [1.54, 1.807) is 18.2 Å². The Hall–Kier alpha value is -2.49. The maximum atomic E-state index is 13.1. The first-order valence-electron chi connectivity index (χ1n) is 7.56. The molecule has 0 fully saturated rings. The van der Waals surface area contributed by atoms with Crippen LogP contribution in [-0.4, -0.2) is 20.1 Å². The molecule has 3 rings (SSSR count). The van der Waals surface area contributed by atoms with Gasteiger partial charge in [0.15, 0.2) is 0 Å². The van der Waals surface area contributed by atoms with Crippen LogP contribution in [0.15, 0.2) is 52.9 Å². The van der Waals surface area contributed by atoms with Gasteiger partial charge in [0.2, 0.25) is 0 Å². The second-order valence-corrected chi connectivity index (χ2v) is 8.04. The number of halogens is 1. The molecule has 7 heteroatoms. The van der Waals surface area contributed by atoms with Crippen molar-refractivity contribution in [1.29, 1.82) is 5.26 Å². The average Bonchev–Trinajstić information content (AvgIpc) is 2.71. The van der Waals surface area contributed by atoms with Crippen LogP contribution in [0, 0.1) is 18.3 Å². The fourth-order valence-corrected chi connectivity index (χ4v) is 4.36. The minimum Gasteiger partial charge on any atom is -0.506 e. The number of aryl methyl sites for hydroxylation is 1. The van der Waals surface area contributed by atoms with Gasteiger partial charge in [0.1, 0.15) is 5.76 Å². The third-order valence-corrected chi connectivity index (χ3v) is 6.14. The lowest BCUT2D eigenvalue weighted by molar-refractivity contribution is 0.507. The smallest absolute Gasteiger partial charge is 0.264 e. The zero-order valence-electron chi connectivity index (χ0n) is 13.4. The first-order chi connectivity index (χ1) is 11.8. The van der Waals surface area contributed by atoms with Crippen molar-refractivity contribution in [2.45, 2.75) is 18.2 Å². The highest BCUT2D eigenvalue weighted by atomic mass is 35.5. The number of hydrogen-bond acceptors (Lipinski definition) is 4. The second kappa shape index (κ2) is 6.43. The van der Waals surface area contributed by atoms with Gasteiger partial charge in [-0.3, -0.25) is 4.31 Å². The van der Waals surface area contributed by atoms with E-state index in [0.29, 0.717) is 5.02 Å². The van der Waals surface area contributed by atoms with Crippen LogP contribution in [0.25, 0.3) is 5.76 Å². The van der Waals surface area contributed by atoms with E-state index in [1.807, 2.05) is 13.0 Å². The average molecular weight is 375 g/mol. The Kier molecular flexibility index (Phi) is 4.46. The van der Waals surface area contributed by atoms with Crippen molar-refractivity contribution in [3.8, 4) is 6.07 Å². The van der Waals surface area contributed by atoms with Crippen LogP contribution in [0.4, 0.5) is 5.69 Å². The van der Waals surface area contributed by atoms with E-state index in [0.717, 1.165) is 5.56 Å². The van der Waals surface area contributed by atoms with E-state index >= 15 is 0 Å². The van der Waals surface area contributed by atoms with E-state index in [4.69, 9.17) is 11.6 Å². The molecule has 1 aliphatic heterocycles. The maximum absolute atomic E-state index is 13.1. The number of hydrogen-bond donors (Lipinski definition) is 1. The van der Waals surface area contributed by atoms with Crippen LogP contribution in [0.1, 0.15) is 17.5 Å². The molecule has 0 radical (unpaired) electrons. The summed E-state index contributed by atoms with van der Waals surface area (Å²) in [5.74, 6) is -0.212. The molecule has 0 unspecified atom stereocenters. The Labute approximate surface area is 151 Å². The SMILES string of the molecule is Cc1ccc(S(=O)(=O)N2CCC(C#N)=C(O)c3ccc(Cl)cc32)cc1. The fraction of sp³-hybridized carbons (Fsp3) is 0.167. The molecule has 0 aliphatic carbocycles. The van der Waals surface area contributed by atoms with Gasteiger partial charge in [0.25, 0.3) is 10.0 Å². The molecule has 128 valence electrons. The molecular formula is C18H15ClN2O3S. The molecule has 0 aromatic heterocycles.